The van der Waals surface area contributed by atoms with Crippen molar-refractivity contribution >= 4 is 17.6 Å². The number of hydrogen-bond donors (Lipinski definition) is 1. The maximum absolute atomic E-state index is 13.1. The minimum absolute atomic E-state index is 0.0141. The van der Waals surface area contributed by atoms with Gasteiger partial charge in [0.25, 0.3) is 0 Å². The molecule has 0 saturated carbocycles. The lowest BCUT2D eigenvalue weighted by molar-refractivity contribution is 0.0698. The maximum atomic E-state index is 13.1. The summed E-state index contributed by atoms with van der Waals surface area (Å²) in [6.45, 7) is 0. The smallest absolute Gasteiger partial charge is 0.337 e. The third-order valence-corrected chi connectivity index (χ3v) is 2.68. The lowest BCUT2D eigenvalue weighted by Gasteiger charge is -2.07. The van der Waals surface area contributed by atoms with Crippen LogP contribution in [0.2, 0.25) is 5.02 Å². The van der Waals surface area contributed by atoms with Crippen molar-refractivity contribution in [2.75, 3.05) is 0 Å². The van der Waals surface area contributed by atoms with Gasteiger partial charge in [-0.1, -0.05) is 35.9 Å². The molecule has 1 N–H and O–H groups in total. The van der Waals surface area contributed by atoms with E-state index in [9.17, 15) is 9.18 Å². The van der Waals surface area contributed by atoms with Crippen LogP contribution < -0.4 is 0 Å². The van der Waals surface area contributed by atoms with Crippen LogP contribution in [0.1, 0.15) is 10.4 Å². The third-order valence-electron chi connectivity index (χ3n) is 2.36. The molecule has 86 valence electrons. The van der Waals surface area contributed by atoms with Crippen molar-refractivity contribution in [3.8, 4) is 11.1 Å². The van der Waals surface area contributed by atoms with Crippen LogP contribution in [0.15, 0.2) is 42.5 Å². The number of benzene rings is 2. The van der Waals surface area contributed by atoms with Crippen LogP contribution in [-0.2, 0) is 0 Å². The van der Waals surface area contributed by atoms with Gasteiger partial charge in [0.15, 0.2) is 0 Å². The molecule has 0 spiro atoms. The molecule has 2 rings (SSSR count). The van der Waals surface area contributed by atoms with E-state index in [1.807, 2.05) is 0 Å². The van der Waals surface area contributed by atoms with Crippen molar-refractivity contribution in [3.63, 3.8) is 0 Å². The zero-order valence-electron chi connectivity index (χ0n) is 8.65. The normalized spacial score (nSPS) is 10.2. The van der Waals surface area contributed by atoms with Crippen molar-refractivity contribution in [3.05, 3.63) is 58.9 Å². The lowest BCUT2D eigenvalue weighted by atomic mass is 9.99. The molecule has 0 saturated heterocycles. The van der Waals surface area contributed by atoms with Gasteiger partial charge in [-0.05, 0) is 29.3 Å². The molecule has 0 bridgehead atoms. The molecule has 0 aromatic heterocycles. The molecule has 4 heteroatoms. The largest absolute Gasteiger partial charge is 0.478 e. The first-order valence-corrected chi connectivity index (χ1v) is 5.25. The fraction of sp³-hybridized carbons (Fsp3) is 0. The number of carbonyl (C=O) groups is 1. The van der Waals surface area contributed by atoms with Gasteiger partial charge in [-0.25, -0.2) is 9.18 Å². The van der Waals surface area contributed by atoms with E-state index in [2.05, 4.69) is 0 Å². The van der Waals surface area contributed by atoms with Crippen molar-refractivity contribution in [1.29, 1.82) is 0 Å². The molecule has 0 aliphatic rings. The molecule has 17 heavy (non-hydrogen) atoms. The molecule has 0 amide bonds. The Labute approximate surface area is 102 Å². The summed E-state index contributed by atoms with van der Waals surface area (Å²) >= 11 is 5.84. The minimum Gasteiger partial charge on any atom is -0.478 e. The van der Waals surface area contributed by atoms with Crippen LogP contribution in [-0.4, -0.2) is 11.1 Å². The molecule has 2 nitrogen and oxygen atoms in total. The average molecular weight is 251 g/mol. The highest BCUT2D eigenvalue weighted by Crippen LogP contribution is 2.29. The zero-order chi connectivity index (χ0) is 12.4. The summed E-state index contributed by atoms with van der Waals surface area (Å²) in [5.41, 5.74) is 0.883. The van der Waals surface area contributed by atoms with Gasteiger partial charge in [0.05, 0.1) is 10.6 Å². The minimum atomic E-state index is -1.13. The number of carboxylic acid groups (broad SMARTS) is 1. The molecular formula is C13H8ClFO2. The number of aromatic carboxylic acids is 1. The van der Waals surface area contributed by atoms with Crippen LogP contribution >= 0.6 is 11.6 Å². The lowest BCUT2D eigenvalue weighted by Crippen LogP contribution is -2.00. The zero-order valence-corrected chi connectivity index (χ0v) is 9.41. The number of hydrogen-bond acceptors (Lipinski definition) is 1. The molecule has 0 unspecified atom stereocenters. The van der Waals surface area contributed by atoms with E-state index in [0.717, 1.165) is 0 Å². The Balaban J connectivity index is 2.67. The second-order valence-electron chi connectivity index (χ2n) is 3.48. The summed E-state index contributed by atoms with van der Waals surface area (Å²) in [4.78, 5) is 11.1. The average Bonchev–Trinajstić information content (AvgIpc) is 2.28. The summed E-state index contributed by atoms with van der Waals surface area (Å²) in [5.74, 6) is -1.55. The molecule has 0 atom stereocenters. The number of halogens is 2. The van der Waals surface area contributed by atoms with Crippen LogP contribution in [0.4, 0.5) is 4.39 Å². The maximum Gasteiger partial charge on any atom is 0.337 e. The fourth-order valence-electron chi connectivity index (χ4n) is 1.64. The standard InChI is InChI=1S/C13H8ClFO2/c14-11-6-2-5-10(12(11)13(16)17)8-3-1-4-9(15)7-8/h1-7H,(H,16,17). The van der Waals surface area contributed by atoms with Crippen molar-refractivity contribution in [2.45, 2.75) is 0 Å². The number of carboxylic acids is 1. The molecule has 0 heterocycles. The quantitative estimate of drug-likeness (QED) is 0.879. The third kappa shape index (κ3) is 2.29. The van der Waals surface area contributed by atoms with E-state index in [-0.39, 0.29) is 10.6 Å². The first-order valence-electron chi connectivity index (χ1n) is 4.87. The molecule has 0 aliphatic heterocycles. The summed E-state index contributed by atoms with van der Waals surface area (Å²) in [6.07, 6.45) is 0. The van der Waals surface area contributed by atoms with Gasteiger partial charge in [0.2, 0.25) is 0 Å². The Kier molecular flexibility index (Phi) is 3.11. The first-order chi connectivity index (χ1) is 8.09. The number of rotatable bonds is 2. The second kappa shape index (κ2) is 4.55. The summed E-state index contributed by atoms with van der Waals surface area (Å²) in [6, 6.07) is 10.5. The molecule has 2 aromatic rings. The Bertz CT molecular complexity index is 581. The van der Waals surface area contributed by atoms with Gasteiger partial charge in [-0.3, -0.25) is 0 Å². The van der Waals surface area contributed by atoms with E-state index < -0.39 is 11.8 Å². The van der Waals surface area contributed by atoms with Gasteiger partial charge in [-0.15, -0.1) is 0 Å². The van der Waals surface area contributed by atoms with Gasteiger partial charge in [-0.2, -0.15) is 0 Å². The monoisotopic (exact) mass is 250 g/mol. The van der Waals surface area contributed by atoms with Gasteiger partial charge in [0, 0.05) is 0 Å². The summed E-state index contributed by atoms with van der Waals surface area (Å²) in [7, 11) is 0. The predicted molar refractivity (Wildman–Crippen MR) is 63.8 cm³/mol. The first kappa shape index (κ1) is 11.6. The van der Waals surface area contributed by atoms with Crippen molar-refractivity contribution < 1.29 is 14.3 Å². The highest BCUT2D eigenvalue weighted by molar-refractivity contribution is 6.34. The Morgan fingerprint density at radius 3 is 2.53 bits per heavy atom. The molecule has 2 aromatic carbocycles. The van der Waals surface area contributed by atoms with Crippen LogP contribution in [0.3, 0.4) is 0 Å². The molecular weight excluding hydrogens is 243 g/mol. The predicted octanol–water partition coefficient (Wildman–Crippen LogP) is 3.84. The second-order valence-corrected chi connectivity index (χ2v) is 3.89. The van der Waals surface area contributed by atoms with Crippen molar-refractivity contribution in [2.24, 2.45) is 0 Å². The van der Waals surface area contributed by atoms with E-state index in [4.69, 9.17) is 16.7 Å². The Hall–Kier alpha value is -1.87. The Morgan fingerprint density at radius 1 is 1.18 bits per heavy atom. The van der Waals surface area contributed by atoms with Gasteiger partial charge >= 0.3 is 5.97 Å². The Morgan fingerprint density at radius 2 is 1.88 bits per heavy atom. The highest BCUT2D eigenvalue weighted by atomic mass is 35.5. The topological polar surface area (TPSA) is 37.3 Å². The van der Waals surface area contributed by atoms with E-state index >= 15 is 0 Å². The molecule has 0 radical (unpaired) electrons. The highest BCUT2D eigenvalue weighted by Gasteiger charge is 2.15. The van der Waals surface area contributed by atoms with Crippen molar-refractivity contribution in [1.82, 2.24) is 0 Å². The molecule has 0 fully saturated rings. The fourth-order valence-corrected chi connectivity index (χ4v) is 1.89. The molecule has 0 aliphatic carbocycles. The van der Waals surface area contributed by atoms with Gasteiger partial charge < -0.3 is 5.11 Å². The van der Waals surface area contributed by atoms with Gasteiger partial charge in [0.1, 0.15) is 5.82 Å². The summed E-state index contributed by atoms with van der Waals surface area (Å²) < 4.78 is 13.1. The SMILES string of the molecule is O=C(O)c1c(Cl)cccc1-c1cccc(F)c1. The van der Waals surface area contributed by atoms with E-state index in [0.29, 0.717) is 11.1 Å². The van der Waals surface area contributed by atoms with E-state index in [1.54, 1.807) is 18.2 Å². The van der Waals surface area contributed by atoms with Crippen LogP contribution in [0, 0.1) is 5.82 Å². The van der Waals surface area contributed by atoms with Crippen LogP contribution in [0.5, 0.6) is 0 Å². The summed E-state index contributed by atoms with van der Waals surface area (Å²) in [5, 5.41) is 9.24. The van der Waals surface area contributed by atoms with Crippen LogP contribution in [0.25, 0.3) is 11.1 Å². The van der Waals surface area contributed by atoms with E-state index in [1.165, 1.54) is 24.3 Å².